The van der Waals surface area contributed by atoms with Crippen molar-refractivity contribution in [2.45, 2.75) is 32.6 Å². The molecule has 0 saturated heterocycles. The summed E-state index contributed by atoms with van der Waals surface area (Å²) in [5.41, 5.74) is 0.230. The van der Waals surface area contributed by atoms with E-state index in [0.29, 0.717) is 18.2 Å². The van der Waals surface area contributed by atoms with E-state index >= 15 is 0 Å². The van der Waals surface area contributed by atoms with E-state index in [0.717, 1.165) is 6.42 Å². The molecule has 1 aromatic rings. The van der Waals surface area contributed by atoms with Crippen LogP contribution in [0.3, 0.4) is 0 Å². The van der Waals surface area contributed by atoms with Gasteiger partial charge in [-0.3, -0.25) is 4.98 Å². The van der Waals surface area contributed by atoms with Crippen molar-refractivity contribution in [3.05, 3.63) is 12.4 Å². The van der Waals surface area contributed by atoms with Crippen molar-refractivity contribution >= 4 is 17.4 Å². The number of rotatable bonds is 5. The second kappa shape index (κ2) is 6.05. The maximum absolute atomic E-state index is 6.25. The number of hydrogen-bond acceptors (Lipinski definition) is 4. The van der Waals surface area contributed by atoms with Crippen molar-refractivity contribution in [1.29, 1.82) is 0 Å². The number of nitrogens with zero attached hydrogens (tertiary/aromatic N) is 2. The molecule has 1 aromatic heterocycles. The van der Waals surface area contributed by atoms with Gasteiger partial charge in [0, 0.05) is 6.54 Å². The summed E-state index contributed by atoms with van der Waals surface area (Å²) in [5.74, 6) is 1.18. The standard InChI is InChI=1S/C12H20ClN3O/c1-12(2,3)5-9(13)6-15-10-7-14-8-11(16-10)17-4/h7-9H,5-6H2,1-4H3,(H,15,16). The molecule has 0 radical (unpaired) electrons. The van der Waals surface area contributed by atoms with Gasteiger partial charge in [0.1, 0.15) is 5.82 Å². The van der Waals surface area contributed by atoms with E-state index in [1.54, 1.807) is 19.5 Å². The lowest BCUT2D eigenvalue weighted by Crippen LogP contribution is -2.21. The van der Waals surface area contributed by atoms with Crippen LogP contribution in [0.5, 0.6) is 5.88 Å². The van der Waals surface area contributed by atoms with Crippen molar-refractivity contribution in [3.8, 4) is 5.88 Å². The molecule has 0 bridgehead atoms. The maximum Gasteiger partial charge on any atom is 0.233 e. The van der Waals surface area contributed by atoms with Crippen molar-refractivity contribution < 1.29 is 4.74 Å². The summed E-state index contributed by atoms with van der Waals surface area (Å²) >= 11 is 6.25. The first kappa shape index (κ1) is 14.0. The number of alkyl halides is 1. The molecule has 0 aliphatic rings. The fourth-order valence-corrected chi connectivity index (χ4v) is 2.02. The lowest BCUT2D eigenvalue weighted by molar-refractivity contribution is 0.373. The van der Waals surface area contributed by atoms with Crippen LogP contribution in [0.2, 0.25) is 0 Å². The monoisotopic (exact) mass is 257 g/mol. The van der Waals surface area contributed by atoms with E-state index in [4.69, 9.17) is 16.3 Å². The Morgan fingerprint density at radius 1 is 1.41 bits per heavy atom. The maximum atomic E-state index is 6.25. The Balaban J connectivity index is 2.44. The molecule has 1 rings (SSSR count). The van der Waals surface area contributed by atoms with E-state index in [1.165, 1.54) is 0 Å². The highest BCUT2D eigenvalue weighted by Crippen LogP contribution is 2.23. The molecule has 5 heteroatoms. The topological polar surface area (TPSA) is 47.0 Å². The molecular weight excluding hydrogens is 238 g/mol. The van der Waals surface area contributed by atoms with Crippen LogP contribution in [0.15, 0.2) is 12.4 Å². The molecule has 1 N–H and O–H groups in total. The fraction of sp³-hybridized carbons (Fsp3) is 0.667. The molecule has 0 aliphatic heterocycles. The number of methoxy groups -OCH3 is 1. The van der Waals surface area contributed by atoms with Crippen molar-refractivity contribution in [1.82, 2.24) is 9.97 Å². The zero-order chi connectivity index (χ0) is 12.9. The van der Waals surface area contributed by atoms with Crippen molar-refractivity contribution in [3.63, 3.8) is 0 Å². The minimum absolute atomic E-state index is 0.0722. The Morgan fingerprint density at radius 2 is 2.12 bits per heavy atom. The lowest BCUT2D eigenvalue weighted by Gasteiger charge is -2.22. The number of aromatic nitrogens is 2. The zero-order valence-corrected chi connectivity index (χ0v) is 11.6. The van der Waals surface area contributed by atoms with Crippen LogP contribution in [0.4, 0.5) is 5.82 Å². The minimum Gasteiger partial charge on any atom is -0.480 e. The molecule has 0 aromatic carbocycles. The average Bonchev–Trinajstić information content (AvgIpc) is 2.24. The van der Waals surface area contributed by atoms with Crippen LogP contribution >= 0.6 is 11.6 Å². The largest absolute Gasteiger partial charge is 0.480 e. The van der Waals surface area contributed by atoms with Crippen LogP contribution in [-0.2, 0) is 0 Å². The first-order valence-electron chi connectivity index (χ1n) is 5.65. The molecule has 1 heterocycles. The summed E-state index contributed by atoms with van der Waals surface area (Å²) in [5, 5.41) is 3.23. The van der Waals surface area contributed by atoms with Crippen LogP contribution in [0.1, 0.15) is 27.2 Å². The second-order valence-corrected chi connectivity index (χ2v) is 5.81. The Hall–Kier alpha value is -1.03. The second-order valence-electron chi connectivity index (χ2n) is 5.19. The average molecular weight is 258 g/mol. The number of anilines is 1. The molecule has 1 atom stereocenters. The quantitative estimate of drug-likeness (QED) is 0.824. The number of nitrogens with one attached hydrogen (secondary N) is 1. The SMILES string of the molecule is COc1cncc(NCC(Cl)CC(C)(C)C)n1. The molecule has 0 spiro atoms. The third kappa shape index (κ3) is 5.73. The molecule has 0 saturated carbocycles. The van der Waals surface area contributed by atoms with Gasteiger partial charge in [-0.25, -0.2) is 0 Å². The third-order valence-electron chi connectivity index (χ3n) is 2.16. The summed E-state index contributed by atoms with van der Waals surface area (Å²) in [6.07, 6.45) is 4.17. The van der Waals surface area contributed by atoms with Gasteiger partial charge < -0.3 is 10.1 Å². The third-order valence-corrected chi connectivity index (χ3v) is 2.47. The minimum atomic E-state index is 0.0722. The fourth-order valence-electron chi connectivity index (χ4n) is 1.48. The van der Waals surface area contributed by atoms with E-state index in [2.05, 4.69) is 36.1 Å². The Labute approximate surface area is 108 Å². The van der Waals surface area contributed by atoms with Crippen molar-refractivity contribution in [2.75, 3.05) is 19.0 Å². The smallest absolute Gasteiger partial charge is 0.233 e. The molecule has 96 valence electrons. The van der Waals surface area contributed by atoms with Gasteiger partial charge in [-0.05, 0) is 11.8 Å². The highest BCUT2D eigenvalue weighted by molar-refractivity contribution is 6.20. The summed E-state index contributed by atoms with van der Waals surface area (Å²) in [6.45, 7) is 7.19. The van der Waals surface area contributed by atoms with Gasteiger partial charge in [0.15, 0.2) is 0 Å². The summed E-state index contributed by atoms with van der Waals surface area (Å²) in [7, 11) is 1.57. The molecule has 4 nitrogen and oxygen atoms in total. The van der Waals surface area contributed by atoms with E-state index in [9.17, 15) is 0 Å². The highest BCUT2D eigenvalue weighted by atomic mass is 35.5. The van der Waals surface area contributed by atoms with E-state index < -0.39 is 0 Å². The van der Waals surface area contributed by atoms with Gasteiger partial charge >= 0.3 is 0 Å². The molecule has 0 fully saturated rings. The van der Waals surface area contributed by atoms with E-state index in [-0.39, 0.29) is 10.8 Å². The predicted octanol–water partition coefficient (Wildman–Crippen LogP) is 2.94. The highest BCUT2D eigenvalue weighted by Gasteiger charge is 2.16. The van der Waals surface area contributed by atoms with E-state index in [1.807, 2.05) is 0 Å². The summed E-state index contributed by atoms with van der Waals surface area (Å²) < 4.78 is 5.00. The Bertz CT molecular complexity index is 352. The molecular formula is C12H20ClN3O. The normalized spacial score (nSPS) is 13.2. The first-order valence-corrected chi connectivity index (χ1v) is 6.08. The van der Waals surface area contributed by atoms with Crippen LogP contribution in [0, 0.1) is 5.41 Å². The predicted molar refractivity (Wildman–Crippen MR) is 70.8 cm³/mol. The zero-order valence-electron chi connectivity index (χ0n) is 10.8. The molecule has 1 unspecified atom stereocenters. The van der Waals surface area contributed by atoms with Gasteiger partial charge in [0.05, 0.1) is 24.9 Å². The van der Waals surface area contributed by atoms with Crippen LogP contribution in [-0.4, -0.2) is 29.0 Å². The lowest BCUT2D eigenvalue weighted by atomic mass is 9.90. The first-order chi connectivity index (χ1) is 7.90. The molecule has 0 aliphatic carbocycles. The van der Waals surface area contributed by atoms with Gasteiger partial charge in [-0.1, -0.05) is 20.8 Å². The van der Waals surface area contributed by atoms with Crippen LogP contribution < -0.4 is 10.1 Å². The van der Waals surface area contributed by atoms with Gasteiger partial charge in [0.25, 0.3) is 0 Å². The Morgan fingerprint density at radius 3 is 2.71 bits per heavy atom. The van der Waals surface area contributed by atoms with Gasteiger partial charge in [-0.15, -0.1) is 11.6 Å². The summed E-state index contributed by atoms with van der Waals surface area (Å²) in [6, 6.07) is 0. The van der Waals surface area contributed by atoms with Crippen LogP contribution in [0.25, 0.3) is 0 Å². The van der Waals surface area contributed by atoms with Crippen molar-refractivity contribution in [2.24, 2.45) is 5.41 Å². The van der Waals surface area contributed by atoms with Gasteiger partial charge in [-0.2, -0.15) is 4.98 Å². The number of ether oxygens (including phenoxy) is 1. The summed E-state index contributed by atoms with van der Waals surface area (Å²) in [4.78, 5) is 8.22. The number of halogens is 1. The molecule has 17 heavy (non-hydrogen) atoms. The Kier molecular flexibility index (Phi) is 5.00. The van der Waals surface area contributed by atoms with Gasteiger partial charge in [0.2, 0.25) is 5.88 Å². The molecule has 0 amide bonds. The number of hydrogen-bond donors (Lipinski definition) is 1.